The third-order valence-corrected chi connectivity index (χ3v) is 4.24. The second-order valence-electron chi connectivity index (χ2n) is 4.02. The molecule has 7 nitrogen and oxygen atoms in total. The zero-order valence-corrected chi connectivity index (χ0v) is 17.3. The van der Waals surface area contributed by atoms with E-state index in [4.69, 9.17) is 16.8 Å². The van der Waals surface area contributed by atoms with Crippen molar-refractivity contribution in [2.45, 2.75) is 52.9 Å². The van der Waals surface area contributed by atoms with E-state index >= 15 is 0 Å². The van der Waals surface area contributed by atoms with Crippen LogP contribution in [0.1, 0.15) is 51.3 Å². The van der Waals surface area contributed by atoms with E-state index in [9.17, 15) is 8.68 Å². The zero-order chi connectivity index (χ0) is 19.0. The first kappa shape index (κ1) is 25.3. The van der Waals surface area contributed by atoms with Crippen molar-refractivity contribution in [1.82, 2.24) is 9.40 Å². The second-order valence-corrected chi connectivity index (χ2v) is 6.94. The summed E-state index contributed by atoms with van der Waals surface area (Å²) in [6.07, 6.45) is 4.97. The van der Waals surface area contributed by atoms with Crippen LogP contribution in [-0.2, 0) is 11.2 Å². The van der Waals surface area contributed by atoms with Crippen molar-refractivity contribution in [2.75, 3.05) is 0 Å². The van der Waals surface area contributed by atoms with Crippen LogP contribution in [0.2, 0.25) is 0 Å². The van der Waals surface area contributed by atoms with Crippen molar-refractivity contribution >= 4 is 51.4 Å². The van der Waals surface area contributed by atoms with Crippen molar-refractivity contribution in [3.8, 4) is 0 Å². The number of nitrogens with two attached hydrogens (primary N) is 2. The topological polar surface area (TPSA) is 118 Å². The number of thiazole rings is 1. The Morgan fingerprint density at radius 3 is 2.50 bits per heavy atom. The van der Waals surface area contributed by atoms with E-state index in [0.717, 1.165) is 26.0 Å². The number of hydrogen-bond donors (Lipinski definition) is 3. The van der Waals surface area contributed by atoms with Gasteiger partial charge in [0.2, 0.25) is 0 Å². The molecule has 0 saturated carbocycles. The molecule has 1 aromatic rings. The van der Waals surface area contributed by atoms with Gasteiger partial charge in [-0.15, -0.1) is 15.2 Å². The van der Waals surface area contributed by atoms with Gasteiger partial charge in [-0.2, -0.15) is 5.10 Å². The molecule has 0 fully saturated rings. The molecule has 0 spiro atoms. The molecule has 0 aliphatic carbocycles. The van der Waals surface area contributed by atoms with E-state index in [-0.39, 0.29) is 12.3 Å². The molecule has 5 N–H and O–H groups in total. The molecule has 0 aromatic carbocycles. The Labute approximate surface area is 159 Å². The minimum atomic E-state index is -0.693. The van der Waals surface area contributed by atoms with Gasteiger partial charge >= 0.3 is 5.97 Å². The van der Waals surface area contributed by atoms with E-state index in [0.29, 0.717) is 25.1 Å². The van der Waals surface area contributed by atoms with Crippen molar-refractivity contribution in [1.29, 1.82) is 0 Å². The van der Waals surface area contributed by atoms with E-state index in [2.05, 4.69) is 26.0 Å². The molecule has 0 aliphatic rings. The molecular weight excluding hydrogens is 421 g/mol. The minimum Gasteiger partial charge on any atom is -0.481 e. The number of nitrogens with zero attached hydrogens (tertiary/aromatic N) is 3. The number of aromatic nitrogens is 1. The van der Waals surface area contributed by atoms with Gasteiger partial charge in [0, 0.05) is 23.9 Å². The highest BCUT2D eigenvalue weighted by Gasteiger charge is 2.09. The summed E-state index contributed by atoms with van der Waals surface area (Å²) in [6.45, 7) is 5.98. The number of hydrazine groups is 1. The number of hydrazone groups is 1. The Kier molecular flexibility index (Phi) is 17.9. The predicted molar refractivity (Wildman–Crippen MR) is 103 cm³/mol. The third-order valence-electron chi connectivity index (χ3n) is 2.34. The van der Waals surface area contributed by atoms with Crippen LogP contribution in [-0.4, -0.2) is 26.3 Å². The summed E-state index contributed by atoms with van der Waals surface area (Å²) in [6, 6.07) is 0. The lowest BCUT2D eigenvalue weighted by atomic mass is 10.3. The molecule has 0 atom stereocenters. The third kappa shape index (κ3) is 13.5. The van der Waals surface area contributed by atoms with Gasteiger partial charge in [0.05, 0.1) is 0 Å². The normalized spacial score (nSPS) is 10.2. The number of amidine groups is 1. The number of unbranched alkanes of at least 4 members (excludes halogenated alkanes) is 1. The minimum absolute atomic E-state index is 0.123. The monoisotopic (exact) mass is 445 g/mol. The largest absolute Gasteiger partial charge is 0.481 e. The molecule has 11 heteroatoms. The van der Waals surface area contributed by atoms with Gasteiger partial charge in [-0.25, -0.2) is 15.2 Å². The van der Waals surface area contributed by atoms with Gasteiger partial charge in [-0.3, -0.25) is 4.79 Å². The Bertz CT molecular complexity index is 477. The molecule has 0 bridgehead atoms. The number of rotatable bonds is 7. The highest BCUT2D eigenvalue weighted by Crippen LogP contribution is 2.20. The van der Waals surface area contributed by atoms with E-state index in [1.54, 1.807) is 6.20 Å². The standard InChI is InChI=1S/C6H9BrFN5S2.C5H10O2.C2H6/c7-6-11-3-4(14-6)1-2-5(12-9)13(10)15-8;1-2-3-4-5(6)7;1-2/h3H,1-2,9-10H2;2-4H2,1H3,(H,6,7);1-2H3/b12-5-;;. The van der Waals surface area contributed by atoms with Gasteiger partial charge in [-0.1, -0.05) is 27.2 Å². The Morgan fingerprint density at radius 1 is 1.54 bits per heavy atom. The second kappa shape index (κ2) is 16.9. The van der Waals surface area contributed by atoms with Crippen molar-refractivity contribution in [3.63, 3.8) is 0 Å². The predicted octanol–water partition coefficient (Wildman–Crippen LogP) is 4.11. The van der Waals surface area contributed by atoms with Crippen molar-refractivity contribution in [3.05, 3.63) is 15.0 Å². The summed E-state index contributed by atoms with van der Waals surface area (Å²) >= 11 is 4.64. The maximum Gasteiger partial charge on any atom is 0.303 e. The summed E-state index contributed by atoms with van der Waals surface area (Å²) in [4.78, 5) is 14.8. The number of aryl methyl sites for hydroxylation is 1. The molecule has 1 rings (SSSR count). The molecule has 24 heavy (non-hydrogen) atoms. The molecule has 1 aromatic heterocycles. The number of carboxylic acids is 1. The molecule has 0 amide bonds. The molecule has 0 unspecified atom stereocenters. The summed E-state index contributed by atoms with van der Waals surface area (Å²) in [5.74, 6) is 9.97. The van der Waals surface area contributed by atoms with E-state index in [1.807, 2.05) is 20.8 Å². The van der Waals surface area contributed by atoms with E-state index < -0.39 is 5.97 Å². The first-order valence-corrected chi connectivity index (χ1v) is 9.65. The molecule has 140 valence electrons. The summed E-state index contributed by atoms with van der Waals surface area (Å²) in [5.41, 5.74) is 0. The lowest BCUT2D eigenvalue weighted by Crippen LogP contribution is -2.31. The fourth-order valence-corrected chi connectivity index (χ4v) is 2.81. The number of carboxylic acid groups (broad SMARTS) is 1. The maximum atomic E-state index is 12.1. The SMILES string of the molecule is CC.CCCCC(=O)O.N/N=C(/CCc1cnc(Br)s1)N(N)SF. The first-order chi connectivity index (χ1) is 11.4. The number of hydrogen-bond acceptors (Lipinski definition) is 7. The lowest BCUT2D eigenvalue weighted by Gasteiger charge is -2.12. The van der Waals surface area contributed by atoms with Crippen LogP contribution in [0.4, 0.5) is 3.89 Å². The van der Waals surface area contributed by atoms with Gasteiger partial charge in [0.15, 0.2) is 22.1 Å². The van der Waals surface area contributed by atoms with Crippen molar-refractivity contribution < 1.29 is 13.8 Å². The highest BCUT2D eigenvalue weighted by molar-refractivity contribution is 9.11. The average molecular weight is 446 g/mol. The lowest BCUT2D eigenvalue weighted by molar-refractivity contribution is -0.137. The van der Waals surface area contributed by atoms with Gasteiger partial charge in [-0.05, 0) is 28.8 Å². The molecular formula is C13H25BrFN5O2S2. The summed E-state index contributed by atoms with van der Waals surface area (Å²) < 4.78 is 13.7. The van der Waals surface area contributed by atoms with Gasteiger partial charge in [0.1, 0.15) is 0 Å². The van der Waals surface area contributed by atoms with Crippen LogP contribution in [0.15, 0.2) is 15.2 Å². The molecule has 1 heterocycles. The van der Waals surface area contributed by atoms with Crippen LogP contribution in [0.3, 0.4) is 0 Å². The van der Waals surface area contributed by atoms with Gasteiger partial charge in [0.25, 0.3) is 0 Å². The van der Waals surface area contributed by atoms with Crippen molar-refractivity contribution in [2.24, 2.45) is 16.8 Å². The van der Waals surface area contributed by atoms with Crippen LogP contribution >= 0.6 is 39.6 Å². The van der Waals surface area contributed by atoms with Gasteiger partial charge < -0.3 is 10.9 Å². The molecule has 0 radical (unpaired) electrons. The number of aliphatic carboxylic acids is 1. The Morgan fingerprint density at radius 2 is 2.17 bits per heavy atom. The maximum absolute atomic E-state index is 12.1. The summed E-state index contributed by atoms with van der Waals surface area (Å²) in [5, 5.41) is 11.5. The zero-order valence-electron chi connectivity index (χ0n) is 14.0. The summed E-state index contributed by atoms with van der Waals surface area (Å²) in [7, 11) is 0. The smallest absolute Gasteiger partial charge is 0.303 e. The van der Waals surface area contributed by atoms with Crippen LogP contribution in [0, 0.1) is 0 Å². The quantitative estimate of drug-likeness (QED) is 0.190. The number of carbonyl (C=O) groups is 1. The molecule has 0 saturated heterocycles. The Balaban J connectivity index is 0. The fraction of sp³-hybridized carbons (Fsp3) is 0.615. The fourth-order valence-electron chi connectivity index (χ4n) is 1.23. The highest BCUT2D eigenvalue weighted by atomic mass is 79.9. The van der Waals surface area contributed by atoms with Crippen LogP contribution in [0.25, 0.3) is 0 Å². The average Bonchev–Trinajstić information content (AvgIpc) is 3.01. The number of halogens is 2. The Hall–Kier alpha value is -0.910. The van der Waals surface area contributed by atoms with Crippen LogP contribution in [0.5, 0.6) is 0 Å². The first-order valence-electron chi connectivity index (χ1n) is 7.36. The molecule has 0 aliphatic heterocycles. The van der Waals surface area contributed by atoms with E-state index in [1.165, 1.54) is 11.3 Å². The van der Waals surface area contributed by atoms with Crippen LogP contribution < -0.4 is 11.7 Å².